The molecule has 4 rings (SSSR count). The van der Waals surface area contributed by atoms with Crippen LogP contribution in [0.25, 0.3) is 11.1 Å². The smallest absolute Gasteiger partial charge is 0.416 e. The zero-order valence-electron chi connectivity index (χ0n) is 17.8. The first-order valence-corrected chi connectivity index (χ1v) is 10.6. The van der Waals surface area contributed by atoms with Gasteiger partial charge in [-0.25, -0.2) is 0 Å². The van der Waals surface area contributed by atoms with Crippen LogP contribution in [0, 0.1) is 0 Å². The lowest BCUT2D eigenvalue weighted by molar-refractivity contribution is -0.137. The Morgan fingerprint density at radius 1 is 0.969 bits per heavy atom. The average molecular weight is 442 g/mol. The van der Waals surface area contributed by atoms with Crippen LogP contribution in [0.3, 0.4) is 0 Å². The van der Waals surface area contributed by atoms with Crippen molar-refractivity contribution in [2.24, 2.45) is 0 Å². The third-order valence-electron chi connectivity index (χ3n) is 5.96. The maximum absolute atomic E-state index is 13.5. The summed E-state index contributed by atoms with van der Waals surface area (Å²) in [6.45, 7) is 2.59. The lowest BCUT2D eigenvalue weighted by Gasteiger charge is -2.27. The van der Waals surface area contributed by atoms with E-state index in [1.165, 1.54) is 12.1 Å². The first-order chi connectivity index (χ1) is 15.4. The van der Waals surface area contributed by atoms with Gasteiger partial charge in [-0.2, -0.15) is 13.2 Å². The molecule has 32 heavy (non-hydrogen) atoms. The molecule has 0 radical (unpaired) electrons. The van der Waals surface area contributed by atoms with E-state index in [1.807, 2.05) is 24.3 Å². The van der Waals surface area contributed by atoms with Gasteiger partial charge in [0.2, 0.25) is 0 Å². The molecule has 0 spiro atoms. The second-order valence-electron chi connectivity index (χ2n) is 7.97. The van der Waals surface area contributed by atoms with Crippen LogP contribution in [-0.4, -0.2) is 36.2 Å². The van der Waals surface area contributed by atoms with E-state index in [-0.39, 0.29) is 11.6 Å². The van der Waals surface area contributed by atoms with E-state index >= 15 is 0 Å². The summed E-state index contributed by atoms with van der Waals surface area (Å²) in [5, 5.41) is 0. The van der Waals surface area contributed by atoms with Crippen LogP contribution in [0.4, 0.5) is 13.2 Å². The fraction of sp³-hybridized carbons (Fsp3) is 0.320. The minimum absolute atomic E-state index is 0.248. The van der Waals surface area contributed by atoms with E-state index in [0.717, 1.165) is 43.6 Å². The van der Waals surface area contributed by atoms with Crippen molar-refractivity contribution >= 4 is 0 Å². The summed E-state index contributed by atoms with van der Waals surface area (Å²) in [7, 11) is 1.60. The Kier molecular flexibility index (Phi) is 6.37. The van der Waals surface area contributed by atoms with Crippen molar-refractivity contribution in [3.05, 3.63) is 88.3 Å². The molecule has 2 heterocycles. The van der Waals surface area contributed by atoms with Crippen LogP contribution < -0.4 is 10.3 Å². The predicted molar refractivity (Wildman–Crippen MR) is 118 cm³/mol. The van der Waals surface area contributed by atoms with Crippen LogP contribution in [0.1, 0.15) is 30.0 Å². The Morgan fingerprint density at radius 3 is 2.31 bits per heavy atom. The minimum atomic E-state index is -4.42. The molecule has 1 aromatic heterocycles. The fourth-order valence-corrected chi connectivity index (χ4v) is 4.30. The number of hydrogen-bond donors (Lipinski definition) is 0. The lowest BCUT2D eigenvalue weighted by atomic mass is 10.0. The van der Waals surface area contributed by atoms with Gasteiger partial charge < -0.3 is 14.2 Å². The first kappa shape index (κ1) is 22.1. The normalized spacial score (nSPS) is 15.6. The molecule has 0 saturated carbocycles. The zero-order chi connectivity index (χ0) is 22.7. The molecule has 7 heteroatoms. The zero-order valence-corrected chi connectivity index (χ0v) is 17.8. The third-order valence-corrected chi connectivity index (χ3v) is 5.96. The van der Waals surface area contributed by atoms with Gasteiger partial charge in [-0.05, 0) is 61.8 Å². The molecule has 1 saturated heterocycles. The van der Waals surface area contributed by atoms with Crippen LogP contribution in [0.15, 0.2) is 71.7 Å². The third kappa shape index (κ3) is 4.58. The Bertz CT molecular complexity index is 1120. The standard InChI is InChI=1S/C25H25F3N2O2/c1-32-23-9-3-2-7-21(23)22(17-29-14-4-5-15-29)30-16-6-8-20(24(30)31)18-10-12-19(13-11-18)25(26,27)28/h2-3,6-13,16,22H,4-5,14-15,17H2,1H3. The summed E-state index contributed by atoms with van der Waals surface area (Å²) in [5.74, 6) is 0.698. The second kappa shape index (κ2) is 9.20. The predicted octanol–water partition coefficient (Wildman–Crippen LogP) is 5.23. The molecule has 4 nitrogen and oxygen atoms in total. The maximum atomic E-state index is 13.5. The highest BCUT2D eigenvalue weighted by Crippen LogP contribution is 2.32. The molecule has 168 valence electrons. The van der Waals surface area contributed by atoms with Gasteiger partial charge in [0, 0.05) is 23.9 Å². The van der Waals surface area contributed by atoms with E-state index in [4.69, 9.17) is 4.74 Å². The summed E-state index contributed by atoms with van der Waals surface area (Å²) in [6, 6.07) is 15.5. The number of benzene rings is 2. The van der Waals surface area contributed by atoms with Crippen LogP contribution >= 0.6 is 0 Å². The molecule has 1 fully saturated rings. The number of nitrogens with zero attached hydrogens (tertiary/aromatic N) is 2. The van der Waals surface area contributed by atoms with Crippen LogP contribution in [-0.2, 0) is 6.18 Å². The molecule has 1 aliphatic rings. The molecule has 1 aliphatic heterocycles. The Balaban J connectivity index is 1.77. The van der Waals surface area contributed by atoms with Gasteiger partial charge in [-0.15, -0.1) is 0 Å². The molecular formula is C25H25F3N2O2. The largest absolute Gasteiger partial charge is 0.496 e. The molecule has 0 N–H and O–H groups in total. The maximum Gasteiger partial charge on any atom is 0.416 e. The second-order valence-corrected chi connectivity index (χ2v) is 7.97. The number of likely N-dealkylation sites (tertiary alicyclic amines) is 1. The van der Waals surface area contributed by atoms with E-state index in [9.17, 15) is 18.0 Å². The summed E-state index contributed by atoms with van der Waals surface area (Å²) in [5.41, 5.74) is 0.731. The van der Waals surface area contributed by atoms with Crippen molar-refractivity contribution in [2.75, 3.05) is 26.7 Å². The van der Waals surface area contributed by atoms with E-state index in [0.29, 0.717) is 23.4 Å². The highest BCUT2D eigenvalue weighted by Gasteiger charge is 2.30. The van der Waals surface area contributed by atoms with Gasteiger partial charge in [-0.3, -0.25) is 4.79 Å². The fourth-order valence-electron chi connectivity index (χ4n) is 4.30. The number of hydrogen-bond acceptors (Lipinski definition) is 3. The van der Waals surface area contributed by atoms with E-state index in [1.54, 1.807) is 30.0 Å². The number of methoxy groups -OCH3 is 1. The molecule has 1 atom stereocenters. The molecule has 2 aromatic carbocycles. The van der Waals surface area contributed by atoms with Gasteiger partial charge >= 0.3 is 6.18 Å². The van der Waals surface area contributed by atoms with Crippen molar-refractivity contribution in [1.82, 2.24) is 9.47 Å². The molecule has 0 bridgehead atoms. The van der Waals surface area contributed by atoms with E-state index in [2.05, 4.69) is 4.90 Å². The minimum Gasteiger partial charge on any atom is -0.496 e. The number of rotatable bonds is 6. The lowest BCUT2D eigenvalue weighted by Crippen LogP contribution is -2.35. The van der Waals surface area contributed by atoms with Gasteiger partial charge in [-0.1, -0.05) is 30.3 Å². The average Bonchev–Trinajstić information content (AvgIpc) is 3.31. The van der Waals surface area contributed by atoms with Gasteiger partial charge in [0.15, 0.2) is 0 Å². The summed E-state index contributed by atoms with van der Waals surface area (Å²) < 4.78 is 46.1. The van der Waals surface area contributed by atoms with Crippen molar-refractivity contribution in [3.8, 4) is 16.9 Å². The van der Waals surface area contributed by atoms with E-state index < -0.39 is 11.7 Å². The number of aromatic nitrogens is 1. The number of ether oxygens (including phenoxy) is 1. The molecule has 3 aromatic rings. The first-order valence-electron chi connectivity index (χ1n) is 10.6. The van der Waals surface area contributed by atoms with Crippen LogP contribution in [0.2, 0.25) is 0 Å². The number of alkyl halides is 3. The Labute approximate surface area is 184 Å². The van der Waals surface area contributed by atoms with Crippen molar-refractivity contribution in [2.45, 2.75) is 25.1 Å². The van der Waals surface area contributed by atoms with Gasteiger partial charge in [0.05, 0.1) is 18.7 Å². The topological polar surface area (TPSA) is 34.5 Å². The number of halogens is 3. The molecule has 0 aliphatic carbocycles. The van der Waals surface area contributed by atoms with Crippen molar-refractivity contribution < 1.29 is 17.9 Å². The monoisotopic (exact) mass is 442 g/mol. The molecule has 0 amide bonds. The Hall–Kier alpha value is -3.06. The number of pyridine rings is 1. The summed E-state index contributed by atoms with van der Waals surface area (Å²) in [6.07, 6.45) is -0.429. The highest BCUT2D eigenvalue weighted by molar-refractivity contribution is 5.62. The summed E-state index contributed by atoms with van der Waals surface area (Å²) >= 11 is 0. The summed E-state index contributed by atoms with van der Waals surface area (Å²) in [4.78, 5) is 15.8. The SMILES string of the molecule is COc1ccccc1C(CN1CCCC1)n1cccc(-c2ccc(C(F)(F)F)cc2)c1=O. The highest BCUT2D eigenvalue weighted by atomic mass is 19.4. The van der Waals surface area contributed by atoms with Crippen LogP contribution in [0.5, 0.6) is 5.75 Å². The Morgan fingerprint density at radius 2 is 1.66 bits per heavy atom. The van der Waals surface area contributed by atoms with Gasteiger partial charge in [0.25, 0.3) is 5.56 Å². The quantitative estimate of drug-likeness (QED) is 0.525. The number of para-hydroxylation sites is 1. The van der Waals surface area contributed by atoms with Crippen molar-refractivity contribution in [3.63, 3.8) is 0 Å². The molecular weight excluding hydrogens is 417 g/mol. The van der Waals surface area contributed by atoms with Crippen molar-refractivity contribution in [1.29, 1.82) is 0 Å². The molecule has 1 unspecified atom stereocenters. The van der Waals surface area contributed by atoms with Gasteiger partial charge in [0.1, 0.15) is 5.75 Å².